The van der Waals surface area contributed by atoms with Gasteiger partial charge in [-0.2, -0.15) is 0 Å². The van der Waals surface area contributed by atoms with Gasteiger partial charge in [0.05, 0.1) is 10.6 Å². The van der Waals surface area contributed by atoms with Crippen LogP contribution in [-0.2, 0) is 9.59 Å². The van der Waals surface area contributed by atoms with Gasteiger partial charge in [0.2, 0.25) is 0 Å². The fraction of sp³-hybridized carbons (Fsp3) is 0.0476. The summed E-state index contributed by atoms with van der Waals surface area (Å²) in [5.41, 5.74) is 4.51. The van der Waals surface area contributed by atoms with Crippen LogP contribution >= 0.6 is 0 Å². The Kier molecular flexibility index (Phi) is 4.44. The first-order valence-electron chi connectivity index (χ1n) is 8.71. The van der Waals surface area contributed by atoms with E-state index in [1.165, 1.54) is 23.2 Å². The number of nitrogens with zero attached hydrogens (tertiary/aromatic N) is 2. The molecule has 0 atom stereocenters. The van der Waals surface area contributed by atoms with Crippen LogP contribution in [0.4, 0.5) is 11.4 Å². The highest BCUT2D eigenvalue weighted by Crippen LogP contribution is 2.28. The summed E-state index contributed by atoms with van der Waals surface area (Å²) >= 11 is 0. The van der Waals surface area contributed by atoms with Crippen molar-refractivity contribution in [3.05, 3.63) is 87.7 Å². The SMILES string of the molecule is Cc1ccc(N2NC(=O)/C(=C\c3ccc(-c4cccc([N+](=O)[O-])c4)o3)C2=O)cc1. The zero-order valence-electron chi connectivity index (χ0n) is 15.3. The molecule has 1 saturated heterocycles. The number of aryl methyl sites for hydroxylation is 1. The number of furan rings is 1. The Bertz CT molecular complexity index is 1160. The van der Waals surface area contributed by atoms with E-state index in [0.717, 1.165) is 5.56 Å². The summed E-state index contributed by atoms with van der Waals surface area (Å²) in [6.07, 6.45) is 1.35. The number of nitro groups is 1. The number of nitro benzene ring substituents is 1. The van der Waals surface area contributed by atoms with Crippen molar-refractivity contribution in [3.63, 3.8) is 0 Å². The number of benzene rings is 2. The number of rotatable bonds is 4. The van der Waals surface area contributed by atoms with Gasteiger partial charge in [-0.05, 0) is 37.3 Å². The van der Waals surface area contributed by atoms with Gasteiger partial charge < -0.3 is 4.42 Å². The van der Waals surface area contributed by atoms with Gasteiger partial charge in [-0.15, -0.1) is 0 Å². The van der Waals surface area contributed by atoms with E-state index in [1.54, 1.807) is 36.4 Å². The lowest BCUT2D eigenvalue weighted by molar-refractivity contribution is -0.384. The van der Waals surface area contributed by atoms with Gasteiger partial charge in [0.1, 0.15) is 17.1 Å². The zero-order valence-corrected chi connectivity index (χ0v) is 15.3. The molecule has 1 fully saturated rings. The normalized spacial score (nSPS) is 15.1. The van der Waals surface area contributed by atoms with Gasteiger partial charge in [-0.25, -0.2) is 5.01 Å². The van der Waals surface area contributed by atoms with E-state index in [2.05, 4.69) is 5.43 Å². The second-order valence-corrected chi connectivity index (χ2v) is 6.48. The summed E-state index contributed by atoms with van der Waals surface area (Å²) in [4.78, 5) is 35.4. The third-order valence-corrected chi connectivity index (χ3v) is 4.44. The molecule has 0 spiro atoms. The van der Waals surface area contributed by atoms with Crippen molar-refractivity contribution in [3.8, 4) is 11.3 Å². The van der Waals surface area contributed by atoms with Crippen molar-refractivity contribution in [2.24, 2.45) is 0 Å². The average Bonchev–Trinajstić information content (AvgIpc) is 3.29. The third kappa shape index (κ3) is 3.51. The van der Waals surface area contributed by atoms with Crippen molar-refractivity contribution in [1.29, 1.82) is 0 Å². The van der Waals surface area contributed by atoms with Crippen LogP contribution in [0.2, 0.25) is 0 Å². The number of carbonyl (C=O) groups excluding carboxylic acids is 2. The molecule has 2 aromatic carbocycles. The monoisotopic (exact) mass is 389 g/mol. The number of hydrogen-bond acceptors (Lipinski definition) is 5. The van der Waals surface area contributed by atoms with Gasteiger partial charge >= 0.3 is 0 Å². The minimum Gasteiger partial charge on any atom is -0.457 e. The highest BCUT2D eigenvalue weighted by molar-refractivity contribution is 6.31. The van der Waals surface area contributed by atoms with Crippen LogP contribution < -0.4 is 10.4 Å². The van der Waals surface area contributed by atoms with E-state index >= 15 is 0 Å². The Morgan fingerprint density at radius 1 is 1.07 bits per heavy atom. The molecule has 0 saturated carbocycles. The molecule has 144 valence electrons. The standard InChI is InChI=1S/C21H15N3O5/c1-13-5-7-15(8-6-13)23-21(26)18(20(25)22-23)12-17-9-10-19(29-17)14-3-2-4-16(11-14)24(27)28/h2-12H,1H3,(H,22,25)/b18-12+. The van der Waals surface area contributed by atoms with Gasteiger partial charge in [0, 0.05) is 17.7 Å². The number of nitrogens with one attached hydrogen (secondary N) is 1. The molecule has 1 aliphatic heterocycles. The molecule has 8 heteroatoms. The lowest BCUT2D eigenvalue weighted by Crippen LogP contribution is -2.35. The molecule has 8 nitrogen and oxygen atoms in total. The van der Waals surface area contributed by atoms with Gasteiger partial charge in [-0.3, -0.25) is 25.1 Å². The number of anilines is 1. The van der Waals surface area contributed by atoms with E-state index in [-0.39, 0.29) is 17.0 Å². The molecule has 4 rings (SSSR count). The molecule has 0 aliphatic carbocycles. The molecule has 2 amide bonds. The number of hydrazine groups is 1. The van der Waals surface area contributed by atoms with Crippen LogP contribution in [0.25, 0.3) is 17.4 Å². The smallest absolute Gasteiger partial charge is 0.282 e. The fourth-order valence-corrected chi connectivity index (χ4v) is 2.93. The molecule has 29 heavy (non-hydrogen) atoms. The minimum absolute atomic E-state index is 0.0575. The van der Waals surface area contributed by atoms with Crippen molar-refractivity contribution >= 4 is 29.3 Å². The second kappa shape index (κ2) is 7.08. The number of non-ortho nitro benzene ring substituents is 1. The van der Waals surface area contributed by atoms with Crippen LogP contribution in [-0.4, -0.2) is 16.7 Å². The topological polar surface area (TPSA) is 106 Å². The summed E-state index contributed by atoms with van der Waals surface area (Å²) in [6.45, 7) is 1.93. The van der Waals surface area contributed by atoms with Crippen LogP contribution in [0.3, 0.4) is 0 Å². The number of carbonyl (C=O) groups is 2. The maximum atomic E-state index is 12.7. The van der Waals surface area contributed by atoms with Crippen molar-refractivity contribution in [1.82, 2.24) is 5.43 Å². The Labute approximate surface area is 165 Å². The fourth-order valence-electron chi connectivity index (χ4n) is 2.93. The van der Waals surface area contributed by atoms with Gasteiger partial charge in [0.25, 0.3) is 17.5 Å². The maximum Gasteiger partial charge on any atom is 0.282 e. The lowest BCUT2D eigenvalue weighted by atomic mass is 10.1. The van der Waals surface area contributed by atoms with Crippen LogP contribution in [0.15, 0.2) is 70.7 Å². The highest BCUT2D eigenvalue weighted by atomic mass is 16.6. The molecular weight excluding hydrogens is 374 g/mol. The third-order valence-electron chi connectivity index (χ3n) is 4.44. The predicted molar refractivity (Wildman–Crippen MR) is 106 cm³/mol. The van der Waals surface area contributed by atoms with E-state index < -0.39 is 16.7 Å². The van der Waals surface area contributed by atoms with Gasteiger partial charge in [-0.1, -0.05) is 29.8 Å². The second-order valence-electron chi connectivity index (χ2n) is 6.48. The average molecular weight is 389 g/mol. The van der Waals surface area contributed by atoms with Crippen molar-refractivity contribution < 1.29 is 18.9 Å². The summed E-state index contributed by atoms with van der Waals surface area (Å²) in [5.74, 6) is -0.353. The summed E-state index contributed by atoms with van der Waals surface area (Å²) in [6, 6.07) is 16.4. The van der Waals surface area contributed by atoms with Crippen LogP contribution in [0, 0.1) is 17.0 Å². The Morgan fingerprint density at radius 3 is 2.55 bits per heavy atom. The summed E-state index contributed by atoms with van der Waals surface area (Å²) in [7, 11) is 0. The summed E-state index contributed by atoms with van der Waals surface area (Å²) in [5, 5.41) is 12.1. The number of hydrogen-bond donors (Lipinski definition) is 1. The molecule has 1 aromatic heterocycles. The molecular formula is C21H15N3O5. The maximum absolute atomic E-state index is 12.7. The van der Waals surface area contributed by atoms with Gasteiger partial charge in [0.15, 0.2) is 0 Å². The number of amides is 2. The first kappa shape index (κ1) is 18.2. The molecule has 1 N–H and O–H groups in total. The molecule has 3 aromatic rings. The quantitative estimate of drug-likeness (QED) is 0.317. The van der Waals surface area contributed by atoms with E-state index in [1.807, 2.05) is 19.1 Å². The van der Waals surface area contributed by atoms with Crippen LogP contribution in [0.5, 0.6) is 0 Å². The molecule has 0 radical (unpaired) electrons. The zero-order chi connectivity index (χ0) is 20.5. The molecule has 0 bridgehead atoms. The molecule has 2 heterocycles. The Morgan fingerprint density at radius 2 is 1.83 bits per heavy atom. The molecule has 0 unspecified atom stereocenters. The predicted octanol–water partition coefficient (Wildman–Crippen LogP) is 3.62. The van der Waals surface area contributed by atoms with Crippen LogP contribution in [0.1, 0.15) is 11.3 Å². The lowest BCUT2D eigenvalue weighted by Gasteiger charge is -2.14. The Balaban J connectivity index is 1.61. The van der Waals surface area contributed by atoms with E-state index in [0.29, 0.717) is 17.0 Å². The van der Waals surface area contributed by atoms with E-state index in [9.17, 15) is 19.7 Å². The first-order valence-corrected chi connectivity index (χ1v) is 8.71. The van der Waals surface area contributed by atoms with Crippen molar-refractivity contribution in [2.45, 2.75) is 6.92 Å². The minimum atomic E-state index is -0.538. The highest BCUT2D eigenvalue weighted by Gasteiger charge is 2.34. The van der Waals surface area contributed by atoms with E-state index in [4.69, 9.17) is 4.42 Å². The summed E-state index contributed by atoms with van der Waals surface area (Å²) < 4.78 is 5.67. The van der Waals surface area contributed by atoms with Crippen molar-refractivity contribution in [2.75, 3.05) is 5.01 Å². The Hall–Kier alpha value is -4.20. The largest absolute Gasteiger partial charge is 0.457 e. The molecule has 1 aliphatic rings. The first-order chi connectivity index (χ1) is 13.9.